The lowest BCUT2D eigenvalue weighted by molar-refractivity contribution is 0.102. The molecule has 104 valence electrons. The summed E-state index contributed by atoms with van der Waals surface area (Å²) in [5.74, 6) is 0.288. The standard InChI is InChI=1S/C15H15ClN2O2/c1-9-3-5-11(12(16)7-9)15(19)18-10-4-6-14(20-2)13(17)8-10/h3-8H,17H2,1-2H3,(H,18,19). The van der Waals surface area contributed by atoms with Crippen LogP contribution in [0.2, 0.25) is 5.02 Å². The zero-order chi connectivity index (χ0) is 14.7. The van der Waals surface area contributed by atoms with Crippen LogP contribution in [-0.4, -0.2) is 13.0 Å². The first kappa shape index (κ1) is 14.2. The van der Waals surface area contributed by atoms with Gasteiger partial charge in [-0.2, -0.15) is 0 Å². The Bertz CT molecular complexity index is 656. The molecule has 0 spiro atoms. The average Bonchev–Trinajstić information content (AvgIpc) is 2.38. The smallest absolute Gasteiger partial charge is 0.257 e. The predicted molar refractivity (Wildman–Crippen MR) is 81.5 cm³/mol. The number of carbonyl (C=O) groups is 1. The van der Waals surface area contributed by atoms with Gasteiger partial charge in [0.15, 0.2) is 0 Å². The minimum absolute atomic E-state index is 0.278. The van der Waals surface area contributed by atoms with Crippen molar-refractivity contribution in [3.63, 3.8) is 0 Å². The Balaban J connectivity index is 2.21. The van der Waals surface area contributed by atoms with Gasteiger partial charge in [0.25, 0.3) is 5.91 Å². The lowest BCUT2D eigenvalue weighted by Gasteiger charge is -2.10. The molecule has 0 aliphatic heterocycles. The lowest BCUT2D eigenvalue weighted by atomic mass is 10.1. The summed E-state index contributed by atoms with van der Waals surface area (Å²) in [6, 6.07) is 10.3. The molecule has 0 unspecified atom stereocenters. The molecule has 2 rings (SSSR count). The maximum absolute atomic E-state index is 12.1. The van der Waals surface area contributed by atoms with Gasteiger partial charge in [0.05, 0.1) is 23.4 Å². The van der Waals surface area contributed by atoms with Crippen molar-refractivity contribution in [2.24, 2.45) is 0 Å². The van der Waals surface area contributed by atoms with E-state index in [0.717, 1.165) is 5.56 Å². The van der Waals surface area contributed by atoms with Gasteiger partial charge in [-0.15, -0.1) is 0 Å². The summed E-state index contributed by atoms with van der Waals surface area (Å²) >= 11 is 6.06. The molecular formula is C15H15ClN2O2. The number of halogens is 1. The molecule has 3 N–H and O–H groups in total. The number of amides is 1. The minimum atomic E-state index is -0.278. The third kappa shape index (κ3) is 3.03. The number of nitrogens with one attached hydrogen (secondary N) is 1. The average molecular weight is 291 g/mol. The van der Waals surface area contributed by atoms with Gasteiger partial charge in [0.2, 0.25) is 0 Å². The topological polar surface area (TPSA) is 64.3 Å². The summed E-state index contributed by atoms with van der Waals surface area (Å²) < 4.78 is 5.06. The Kier molecular flexibility index (Phi) is 4.15. The number of anilines is 2. The van der Waals surface area contributed by atoms with E-state index >= 15 is 0 Å². The van der Waals surface area contributed by atoms with E-state index in [1.54, 1.807) is 30.3 Å². The van der Waals surface area contributed by atoms with Crippen LogP contribution >= 0.6 is 11.6 Å². The first-order valence-corrected chi connectivity index (χ1v) is 6.40. The van der Waals surface area contributed by atoms with Gasteiger partial charge in [-0.1, -0.05) is 17.7 Å². The summed E-state index contributed by atoms with van der Waals surface area (Å²) in [5, 5.41) is 3.17. The Morgan fingerprint density at radius 3 is 2.60 bits per heavy atom. The van der Waals surface area contributed by atoms with E-state index < -0.39 is 0 Å². The number of methoxy groups -OCH3 is 1. The molecule has 0 atom stereocenters. The first-order chi connectivity index (χ1) is 9.51. The number of aryl methyl sites for hydroxylation is 1. The highest BCUT2D eigenvalue weighted by atomic mass is 35.5. The number of nitrogens with two attached hydrogens (primary N) is 1. The fourth-order valence-electron chi connectivity index (χ4n) is 1.81. The maximum atomic E-state index is 12.1. The fraction of sp³-hybridized carbons (Fsp3) is 0.133. The van der Waals surface area contributed by atoms with Gasteiger partial charge < -0.3 is 15.8 Å². The molecule has 0 saturated carbocycles. The van der Waals surface area contributed by atoms with Crippen molar-refractivity contribution >= 4 is 28.9 Å². The molecule has 2 aromatic carbocycles. The number of hydrogen-bond donors (Lipinski definition) is 2. The number of carbonyl (C=O) groups excluding carboxylic acids is 1. The summed E-state index contributed by atoms with van der Waals surface area (Å²) in [7, 11) is 1.54. The SMILES string of the molecule is COc1ccc(NC(=O)c2ccc(C)cc2Cl)cc1N. The molecule has 0 radical (unpaired) electrons. The molecule has 0 fully saturated rings. The molecule has 0 aliphatic rings. The number of ether oxygens (including phenoxy) is 1. The van der Waals surface area contributed by atoms with Crippen molar-refractivity contribution < 1.29 is 9.53 Å². The second-order valence-electron chi connectivity index (χ2n) is 4.39. The van der Waals surface area contributed by atoms with E-state index in [9.17, 15) is 4.79 Å². The van der Waals surface area contributed by atoms with E-state index in [4.69, 9.17) is 22.1 Å². The third-order valence-electron chi connectivity index (χ3n) is 2.86. The molecule has 2 aromatic rings. The van der Waals surface area contributed by atoms with E-state index in [1.165, 1.54) is 7.11 Å². The molecular weight excluding hydrogens is 276 g/mol. The second kappa shape index (κ2) is 5.84. The summed E-state index contributed by atoms with van der Waals surface area (Å²) in [6.07, 6.45) is 0. The Labute approximate surface area is 122 Å². The van der Waals surface area contributed by atoms with Crippen LogP contribution in [0.1, 0.15) is 15.9 Å². The molecule has 0 aromatic heterocycles. The van der Waals surface area contributed by atoms with Crippen LogP contribution in [0.5, 0.6) is 5.75 Å². The van der Waals surface area contributed by atoms with Crippen molar-refractivity contribution in [1.29, 1.82) is 0 Å². The number of rotatable bonds is 3. The van der Waals surface area contributed by atoms with Crippen LogP contribution in [-0.2, 0) is 0 Å². The van der Waals surface area contributed by atoms with Gasteiger partial charge in [-0.25, -0.2) is 0 Å². The van der Waals surface area contributed by atoms with Crippen LogP contribution < -0.4 is 15.8 Å². The summed E-state index contributed by atoms with van der Waals surface area (Å²) in [6.45, 7) is 1.91. The second-order valence-corrected chi connectivity index (χ2v) is 4.80. The van der Waals surface area contributed by atoms with Gasteiger partial charge in [0, 0.05) is 5.69 Å². The van der Waals surface area contributed by atoms with E-state index in [-0.39, 0.29) is 5.91 Å². The Hall–Kier alpha value is -2.20. The Morgan fingerprint density at radius 2 is 2.00 bits per heavy atom. The molecule has 1 amide bonds. The molecule has 4 nitrogen and oxygen atoms in total. The zero-order valence-electron chi connectivity index (χ0n) is 11.2. The molecule has 5 heteroatoms. The summed E-state index contributed by atoms with van der Waals surface area (Å²) in [4.78, 5) is 12.1. The fourth-order valence-corrected chi connectivity index (χ4v) is 2.14. The van der Waals surface area contributed by atoms with Crippen molar-refractivity contribution in [3.8, 4) is 5.75 Å². The van der Waals surface area contributed by atoms with Crippen LogP contribution in [0.15, 0.2) is 36.4 Å². The van der Waals surface area contributed by atoms with Crippen molar-refractivity contribution in [2.75, 3.05) is 18.2 Å². The highest BCUT2D eigenvalue weighted by Gasteiger charge is 2.11. The molecule has 0 bridgehead atoms. The predicted octanol–water partition coefficient (Wildman–Crippen LogP) is 3.49. The molecule has 0 aliphatic carbocycles. The maximum Gasteiger partial charge on any atom is 0.257 e. The molecule has 0 saturated heterocycles. The van der Waals surface area contributed by atoms with E-state index in [0.29, 0.717) is 27.7 Å². The van der Waals surface area contributed by atoms with Crippen LogP contribution in [0.4, 0.5) is 11.4 Å². The number of nitrogen functional groups attached to an aromatic ring is 1. The van der Waals surface area contributed by atoms with Crippen LogP contribution in [0, 0.1) is 6.92 Å². The normalized spacial score (nSPS) is 10.2. The summed E-state index contributed by atoms with van der Waals surface area (Å²) in [5.41, 5.74) is 8.26. The monoisotopic (exact) mass is 290 g/mol. The minimum Gasteiger partial charge on any atom is -0.495 e. The molecule has 20 heavy (non-hydrogen) atoms. The zero-order valence-corrected chi connectivity index (χ0v) is 12.0. The van der Waals surface area contributed by atoms with Crippen molar-refractivity contribution in [2.45, 2.75) is 6.92 Å². The van der Waals surface area contributed by atoms with E-state index in [1.807, 2.05) is 13.0 Å². The van der Waals surface area contributed by atoms with E-state index in [2.05, 4.69) is 5.32 Å². The van der Waals surface area contributed by atoms with Gasteiger partial charge in [-0.3, -0.25) is 4.79 Å². The van der Waals surface area contributed by atoms with Crippen LogP contribution in [0.25, 0.3) is 0 Å². The number of hydrogen-bond acceptors (Lipinski definition) is 3. The van der Waals surface area contributed by atoms with Crippen molar-refractivity contribution in [1.82, 2.24) is 0 Å². The first-order valence-electron chi connectivity index (χ1n) is 6.02. The number of benzene rings is 2. The highest BCUT2D eigenvalue weighted by molar-refractivity contribution is 6.34. The highest BCUT2D eigenvalue weighted by Crippen LogP contribution is 2.25. The molecule has 0 heterocycles. The Morgan fingerprint density at radius 1 is 1.25 bits per heavy atom. The van der Waals surface area contributed by atoms with Crippen LogP contribution in [0.3, 0.4) is 0 Å². The van der Waals surface area contributed by atoms with Gasteiger partial charge >= 0.3 is 0 Å². The van der Waals surface area contributed by atoms with Gasteiger partial charge in [0.1, 0.15) is 5.75 Å². The van der Waals surface area contributed by atoms with Gasteiger partial charge in [-0.05, 0) is 42.8 Å². The quantitative estimate of drug-likeness (QED) is 0.851. The third-order valence-corrected chi connectivity index (χ3v) is 3.17. The largest absolute Gasteiger partial charge is 0.495 e. The lowest BCUT2D eigenvalue weighted by Crippen LogP contribution is -2.12. The van der Waals surface area contributed by atoms with Crippen molar-refractivity contribution in [3.05, 3.63) is 52.5 Å².